The Balaban J connectivity index is 2.04. The minimum atomic E-state index is -0.320. The van der Waals surface area contributed by atoms with Gasteiger partial charge in [-0.3, -0.25) is 9.69 Å². The van der Waals surface area contributed by atoms with Gasteiger partial charge in [0.05, 0.1) is 22.3 Å². The molecule has 0 bridgehead atoms. The van der Waals surface area contributed by atoms with Crippen LogP contribution in [0.4, 0.5) is 11.5 Å². The van der Waals surface area contributed by atoms with Gasteiger partial charge >= 0.3 is 0 Å². The summed E-state index contributed by atoms with van der Waals surface area (Å²) in [5.74, 6) is 7.02. The van der Waals surface area contributed by atoms with Crippen molar-refractivity contribution < 1.29 is 4.79 Å². The summed E-state index contributed by atoms with van der Waals surface area (Å²) in [5.41, 5.74) is 2.50. The number of aromatic nitrogens is 2. The minimum absolute atomic E-state index is 0.315. The maximum absolute atomic E-state index is 12.2. The molecule has 7 nitrogen and oxygen atoms in total. The molecule has 1 aromatic carbocycles. The highest BCUT2D eigenvalue weighted by Crippen LogP contribution is 2.28. The molecule has 1 aliphatic heterocycles. The van der Waals surface area contributed by atoms with Crippen molar-refractivity contribution in [2.45, 2.75) is 32.7 Å². The van der Waals surface area contributed by atoms with E-state index in [-0.39, 0.29) is 11.4 Å². The molecule has 8 heteroatoms. The van der Waals surface area contributed by atoms with Crippen molar-refractivity contribution in [3.63, 3.8) is 0 Å². The number of rotatable bonds is 7. The van der Waals surface area contributed by atoms with Crippen molar-refractivity contribution in [1.29, 1.82) is 0 Å². The first-order valence-electron chi connectivity index (χ1n) is 11.6. The quantitative estimate of drug-likeness (QED) is 0.334. The summed E-state index contributed by atoms with van der Waals surface area (Å²) in [6, 6.07) is 3.72. The first-order chi connectivity index (χ1) is 16.6. The number of carbonyl (C=O) groups excluding carboxylic acids is 1. The van der Waals surface area contributed by atoms with Crippen LogP contribution in [-0.2, 0) is 4.79 Å². The van der Waals surface area contributed by atoms with E-state index in [1.807, 2.05) is 19.1 Å². The number of allylic oxidation sites excluding steroid dienone is 3. The number of anilines is 2. The lowest BCUT2D eigenvalue weighted by Crippen LogP contribution is -2.53. The fraction of sp³-hybridized carbons (Fsp3) is 0.370. The molecule has 0 saturated carbocycles. The van der Waals surface area contributed by atoms with Crippen molar-refractivity contribution in [2.24, 2.45) is 0 Å². The van der Waals surface area contributed by atoms with Gasteiger partial charge in [0.25, 0.3) is 0 Å². The number of fused-ring (bicyclic) bond motifs is 1. The molecule has 0 radical (unpaired) electrons. The van der Waals surface area contributed by atoms with E-state index in [0.29, 0.717) is 34.0 Å². The first-order valence-corrected chi connectivity index (χ1v) is 12.0. The van der Waals surface area contributed by atoms with Crippen molar-refractivity contribution in [2.75, 3.05) is 43.9 Å². The Morgan fingerprint density at radius 3 is 2.57 bits per heavy atom. The molecule has 0 atom stereocenters. The van der Waals surface area contributed by atoms with Gasteiger partial charge in [0.15, 0.2) is 0 Å². The van der Waals surface area contributed by atoms with Crippen molar-refractivity contribution in [3.8, 4) is 11.8 Å². The molecule has 3 rings (SSSR count). The molecule has 2 N–H and O–H groups in total. The lowest BCUT2D eigenvalue weighted by molar-refractivity contribution is -0.111. The van der Waals surface area contributed by atoms with Crippen molar-refractivity contribution in [1.82, 2.24) is 19.8 Å². The number of nitrogens with one attached hydrogen (secondary N) is 2. The van der Waals surface area contributed by atoms with Crippen LogP contribution in [-0.4, -0.2) is 64.4 Å². The molecule has 1 saturated heterocycles. The number of amides is 1. The zero-order valence-electron chi connectivity index (χ0n) is 20.9. The van der Waals surface area contributed by atoms with Gasteiger partial charge in [-0.05, 0) is 51.6 Å². The Hall–Kier alpha value is -3.18. The fourth-order valence-corrected chi connectivity index (χ4v) is 3.96. The molecule has 0 spiro atoms. The minimum Gasteiger partial charge on any atom is -0.343 e. The molecular formula is C27H33ClN6O. The Labute approximate surface area is 212 Å². The molecule has 35 heavy (non-hydrogen) atoms. The highest BCUT2D eigenvalue weighted by atomic mass is 35.5. The summed E-state index contributed by atoms with van der Waals surface area (Å²) in [5, 5.41) is 7.36. The average molecular weight is 493 g/mol. The molecule has 1 aliphatic rings. The monoisotopic (exact) mass is 492 g/mol. The predicted molar refractivity (Wildman–Crippen MR) is 145 cm³/mol. The molecule has 0 aliphatic carbocycles. The summed E-state index contributed by atoms with van der Waals surface area (Å²) < 4.78 is 0. The molecule has 2 aromatic rings. The zero-order valence-corrected chi connectivity index (χ0v) is 21.7. The molecule has 184 valence electrons. The Morgan fingerprint density at radius 1 is 1.23 bits per heavy atom. The molecule has 1 amide bonds. The maximum atomic E-state index is 12.2. The van der Waals surface area contributed by atoms with Crippen LogP contribution in [0.25, 0.3) is 10.9 Å². The van der Waals surface area contributed by atoms with Gasteiger partial charge in [-0.1, -0.05) is 43.5 Å². The largest absolute Gasteiger partial charge is 0.343 e. The lowest BCUT2D eigenvalue weighted by Gasteiger charge is -2.40. The van der Waals surface area contributed by atoms with Crippen LogP contribution in [0, 0.1) is 11.8 Å². The number of halogens is 1. The second-order valence-electron chi connectivity index (χ2n) is 9.02. The van der Waals surface area contributed by atoms with Crippen LogP contribution in [0.2, 0.25) is 0 Å². The van der Waals surface area contributed by atoms with Crippen LogP contribution >= 0.6 is 11.6 Å². The first kappa shape index (κ1) is 26.4. The summed E-state index contributed by atoms with van der Waals surface area (Å²) in [6.45, 7) is 17.5. The maximum Gasteiger partial charge on any atom is 0.247 e. The van der Waals surface area contributed by atoms with Crippen LogP contribution < -0.4 is 10.6 Å². The Morgan fingerprint density at radius 2 is 1.94 bits per heavy atom. The third kappa shape index (κ3) is 6.92. The molecule has 1 aromatic heterocycles. The van der Waals surface area contributed by atoms with Crippen LogP contribution in [0.1, 0.15) is 32.8 Å². The normalized spacial score (nSPS) is 15.3. The van der Waals surface area contributed by atoms with Gasteiger partial charge in [0.2, 0.25) is 5.91 Å². The van der Waals surface area contributed by atoms with E-state index in [4.69, 9.17) is 11.6 Å². The number of likely N-dealkylation sites (N-methyl/N-ethyl adjacent to an activating group) is 1. The van der Waals surface area contributed by atoms with Gasteiger partial charge in [-0.2, -0.15) is 0 Å². The predicted octanol–water partition coefficient (Wildman–Crippen LogP) is 4.59. The highest BCUT2D eigenvalue weighted by molar-refractivity contribution is 6.30. The Kier molecular flexibility index (Phi) is 8.68. The van der Waals surface area contributed by atoms with Crippen LogP contribution in [0.3, 0.4) is 0 Å². The van der Waals surface area contributed by atoms with E-state index in [9.17, 15) is 4.79 Å². The second kappa shape index (κ2) is 11.5. The molecule has 1 fully saturated rings. The highest BCUT2D eigenvalue weighted by Gasteiger charge is 2.27. The van der Waals surface area contributed by atoms with Gasteiger partial charge in [-0.15, -0.1) is 0 Å². The van der Waals surface area contributed by atoms with E-state index < -0.39 is 0 Å². The summed E-state index contributed by atoms with van der Waals surface area (Å²) in [6.07, 6.45) is 5.21. The lowest BCUT2D eigenvalue weighted by atomic mass is 10.0. The van der Waals surface area contributed by atoms with Gasteiger partial charge in [0.1, 0.15) is 12.1 Å². The van der Waals surface area contributed by atoms with Crippen molar-refractivity contribution in [3.05, 3.63) is 60.1 Å². The van der Waals surface area contributed by atoms with Crippen molar-refractivity contribution >= 4 is 39.9 Å². The summed E-state index contributed by atoms with van der Waals surface area (Å²) in [7, 11) is 2.13. The second-order valence-corrected chi connectivity index (χ2v) is 9.51. The number of benzene rings is 1. The van der Waals surface area contributed by atoms with E-state index in [1.54, 1.807) is 6.08 Å². The third-order valence-electron chi connectivity index (χ3n) is 6.01. The fourth-order valence-electron chi connectivity index (χ4n) is 3.83. The molecule has 0 unspecified atom stereocenters. The number of hydrogen-bond acceptors (Lipinski definition) is 6. The van der Waals surface area contributed by atoms with E-state index in [1.165, 1.54) is 12.4 Å². The third-order valence-corrected chi connectivity index (χ3v) is 6.11. The summed E-state index contributed by atoms with van der Waals surface area (Å²) >= 11 is 5.97. The number of hydrogen-bond donors (Lipinski definition) is 2. The average Bonchev–Trinajstić information content (AvgIpc) is 2.82. The van der Waals surface area contributed by atoms with Gasteiger partial charge < -0.3 is 15.5 Å². The number of nitrogens with zero attached hydrogens (tertiary/aromatic N) is 4. The Bertz CT molecular complexity index is 1220. The van der Waals surface area contributed by atoms with Gasteiger partial charge in [0, 0.05) is 42.3 Å². The van der Waals surface area contributed by atoms with Crippen LogP contribution in [0.15, 0.2) is 54.5 Å². The van der Waals surface area contributed by atoms with E-state index in [2.05, 4.69) is 76.3 Å². The zero-order chi connectivity index (χ0) is 25.6. The smallest absolute Gasteiger partial charge is 0.247 e. The topological polar surface area (TPSA) is 73.4 Å². The molecular weight excluding hydrogens is 460 g/mol. The summed E-state index contributed by atoms with van der Waals surface area (Å²) in [4.78, 5) is 25.8. The standard InChI is InChI=1S/C27H33ClN6O/c1-7-21(15-19(3)28)31-26-22-17-23(32-25(35)8-2)20(16-24(22)29-18-30-26)9-10-27(4,5)34-13-11-33(6)12-14-34/h8,15-18H,2-3,7,11-14H2,1,4-6H3,(H,32,35)(H,29,30,31)/b21-15+. The van der Waals surface area contributed by atoms with Gasteiger partial charge in [-0.25, -0.2) is 9.97 Å². The number of piperazine rings is 1. The SMILES string of the molecule is C=CC(=O)Nc1cc2c(N/C(=C/C(=C)Cl)CC)ncnc2cc1C#CC(C)(C)N1CCN(C)CC1. The van der Waals surface area contributed by atoms with Crippen LogP contribution in [0.5, 0.6) is 0 Å². The number of carbonyl (C=O) groups is 1. The van der Waals surface area contributed by atoms with E-state index >= 15 is 0 Å². The molecule has 2 heterocycles. The van der Waals surface area contributed by atoms with E-state index in [0.717, 1.165) is 37.3 Å².